The van der Waals surface area contributed by atoms with Crippen molar-refractivity contribution in [1.82, 2.24) is 0 Å². The van der Waals surface area contributed by atoms with E-state index in [-0.39, 0.29) is 12.4 Å². The molecule has 0 spiro atoms. The summed E-state index contributed by atoms with van der Waals surface area (Å²) >= 11 is 0. The third-order valence-corrected chi connectivity index (χ3v) is 2.67. The molecule has 1 atom stereocenters. The van der Waals surface area contributed by atoms with E-state index < -0.39 is 12.1 Å². The maximum atomic E-state index is 11.5. The Morgan fingerprint density at radius 1 is 1.37 bits per heavy atom. The predicted molar refractivity (Wildman–Crippen MR) is 67.4 cm³/mol. The first kappa shape index (κ1) is 13.4. The summed E-state index contributed by atoms with van der Waals surface area (Å²) in [6, 6.07) is 5.26. The summed E-state index contributed by atoms with van der Waals surface area (Å²) in [6.45, 7) is 3.70. The van der Waals surface area contributed by atoms with Crippen molar-refractivity contribution in [2.75, 3.05) is 13.2 Å². The van der Waals surface area contributed by atoms with Gasteiger partial charge in [0.05, 0.1) is 6.61 Å². The molecule has 5 nitrogen and oxygen atoms in total. The number of rotatable bonds is 4. The summed E-state index contributed by atoms with van der Waals surface area (Å²) in [7, 11) is 0. The summed E-state index contributed by atoms with van der Waals surface area (Å²) in [5, 5.41) is 0. The van der Waals surface area contributed by atoms with Crippen molar-refractivity contribution in [2.45, 2.75) is 26.4 Å². The first-order valence-electron chi connectivity index (χ1n) is 6.18. The molecule has 0 aliphatic carbocycles. The minimum absolute atomic E-state index is 0.0843. The Labute approximate surface area is 111 Å². The fraction of sp³-hybridized carbons (Fsp3) is 0.429. The Kier molecular flexibility index (Phi) is 4.04. The van der Waals surface area contributed by atoms with E-state index in [0.29, 0.717) is 24.5 Å². The standard InChI is InChI=1S/C14H16O5/c1-3-17-14(16)13-8-18-12-7-10(6-9(2)15)4-5-11(12)19-13/h4-5,7,13H,3,6,8H2,1-2H3/t13-/m0/s1. The zero-order valence-corrected chi connectivity index (χ0v) is 11.0. The van der Waals surface area contributed by atoms with Crippen LogP contribution < -0.4 is 9.47 Å². The largest absolute Gasteiger partial charge is 0.485 e. The summed E-state index contributed by atoms with van der Waals surface area (Å²) in [5.74, 6) is 0.706. The van der Waals surface area contributed by atoms with Gasteiger partial charge in [0.2, 0.25) is 6.10 Å². The number of carbonyl (C=O) groups is 2. The lowest BCUT2D eigenvalue weighted by atomic mass is 10.1. The molecular weight excluding hydrogens is 248 g/mol. The van der Waals surface area contributed by atoms with Crippen LogP contribution in [0.25, 0.3) is 0 Å². The van der Waals surface area contributed by atoms with Crippen molar-refractivity contribution in [1.29, 1.82) is 0 Å². The van der Waals surface area contributed by atoms with Gasteiger partial charge in [-0.3, -0.25) is 4.79 Å². The van der Waals surface area contributed by atoms with Gasteiger partial charge in [0.1, 0.15) is 12.4 Å². The lowest BCUT2D eigenvalue weighted by Gasteiger charge is -2.25. The molecule has 1 heterocycles. The van der Waals surface area contributed by atoms with Crippen LogP contribution in [0.1, 0.15) is 19.4 Å². The molecule has 0 unspecified atom stereocenters. The summed E-state index contributed by atoms with van der Waals surface area (Å²) < 4.78 is 15.9. The highest BCUT2D eigenvalue weighted by Gasteiger charge is 2.28. The van der Waals surface area contributed by atoms with Crippen molar-refractivity contribution in [3.63, 3.8) is 0 Å². The van der Waals surface area contributed by atoms with Gasteiger partial charge in [-0.25, -0.2) is 4.79 Å². The van der Waals surface area contributed by atoms with Crippen molar-refractivity contribution in [3.8, 4) is 11.5 Å². The molecule has 0 saturated carbocycles. The molecule has 2 rings (SSSR count). The zero-order chi connectivity index (χ0) is 13.8. The lowest BCUT2D eigenvalue weighted by molar-refractivity contribution is -0.153. The van der Waals surface area contributed by atoms with E-state index in [2.05, 4.69) is 0 Å². The predicted octanol–water partition coefficient (Wildman–Crippen LogP) is 1.52. The third-order valence-electron chi connectivity index (χ3n) is 2.67. The van der Waals surface area contributed by atoms with Crippen LogP contribution in [0.5, 0.6) is 11.5 Å². The molecule has 0 N–H and O–H groups in total. The van der Waals surface area contributed by atoms with Gasteiger partial charge in [-0.05, 0) is 31.5 Å². The van der Waals surface area contributed by atoms with E-state index in [1.54, 1.807) is 25.1 Å². The lowest BCUT2D eigenvalue weighted by Crippen LogP contribution is -2.37. The number of Topliss-reactive ketones (excluding diaryl/α,β-unsaturated/α-hetero) is 1. The van der Waals surface area contributed by atoms with Gasteiger partial charge in [0.15, 0.2) is 11.5 Å². The highest BCUT2D eigenvalue weighted by Crippen LogP contribution is 2.33. The number of esters is 1. The summed E-state index contributed by atoms with van der Waals surface area (Å²) in [6.07, 6.45) is -0.371. The maximum Gasteiger partial charge on any atom is 0.350 e. The molecule has 1 aromatic carbocycles. The van der Waals surface area contributed by atoms with Crippen molar-refractivity contribution < 1.29 is 23.8 Å². The van der Waals surface area contributed by atoms with Gasteiger partial charge in [-0.15, -0.1) is 0 Å². The molecule has 102 valence electrons. The molecule has 0 bridgehead atoms. The van der Waals surface area contributed by atoms with E-state index >= 15 is 0 Å². The Morgan fingerprint density at radius 3 is 2.84 bits per heavy atom. The van der Waals surface area contributed by atoms with Crippen LogP contribution >= 0.6 is 0 Å². The smallest absolute Gasteiger partial charge is 0.350 e. The van der Waals surface area contributed by atoms with Crippen LogP contribution in [0.15, 0.2) is 18.2 Å². The Bertz CT molecular complexity index is 495. The third kappa shape index (κ3) is 3.24. The number of hydrogen-bond donors (Lipinski definition) is 0. The molecule has 0 fully saturated rings. The average Bonchev–Trinajstić information content (AvgIpc) is 2.37. The second-order valence-corrected chi connectivity index (χ2v) is 4.33. The van der Waals surface area contributed by atoms with Gasteiger partial charge in [-0.2, -0.15) is 0 Å². The van der Waals surface area contributed by atoms with E-state index in [4.69, 9.17) is 14.2 Å². The van der Waals surface area contributed by atoms with Gasteiger partial charge in [0.25, 0.3) is 0 Å². The molecule has 0 saturated heterocycles. The second kappa shape index (κ2) is 5.73. The fourth-order valence-corrected chi connectivity index (χ4v) is 1.86. The molecule has 0 amide bonds. The Balaban J connectivity index is 2.10. The minimum atomic E-state index is -0.730. The van der Waals surface area contributed by atoms with Crippen LogP contribution in [0.2, 0.25) is 0 Å². The molecule has 5 heteroatoms. The number of ketones is 1. The summed E-state index contributed by atoms with van der Waals surface area (Å²) in [5.41, 5.74) is 0.865. The number of carbonyl (C=O) groups excluding carboxylic acids is 2. The number of hydrogen-bond acceptors (Lipinski definition) is 5. The van der Waals surface area contributed by atoms with Crippen LogP contribution in [-0.2, 0) is 20.7 Å². The normalized spacial score (nSPS) is 16.8. The van der Waals surface area contributed by atoms with Crippen molar-refractivity contribution in [2.24, 2.45) is 0 Å². The van der Waals surface area contributed by atoms with Crippen LogP contribution in [0.3, 0.4) is 0 Å². The fourth-order valence-electron chi connectivity index (χ4n) is 1.86. The first-order valence-corrected chi connectivity index (χ1v) is 6.18. The molecular formula is C14H16O5. The molecule has 1 aliphatic rings. The minimum Gasteiger partial charge on any atom is -0.485 e. The Morgan fingerprint density at radius 2 is 2.16 bits per heavy atom. The molecule has 0 radical (unpaired) electrons. The monoisotopic (exact) mass is 264 g/mol. The molecule has 0 aromatic heterocycles. The maximum absolute atomic E-state index is 11.5. The number of fused-ring (bicyclic) bond motifs is 1. The van der Waals surface area contributed by atoms with E-state index in [9.17, 15) is 9.59 Å². The topological polar surface area (TPSA) is 61.8 Å². The van der Waals surface area contributed by atoms with E-state index in [1.807, 2.05) is 0 Å². The van der Waals surface area contributed by atoms with Crippen molar-refractivity contribution >= 4 is 11.8 Å². The average molecular weight is 264 g/mol. The SMILES string of the molecule is CCOC(=O)[C@@H]1COc2cc(CC(C)=O)ccc2O1. The van der Waals surface area contributed by atoms with Crippen LogP contribution in [0.4, 0.5) is 0 Å². The quantitative estimate of drug-likeness (QED) is 0.772. The van der Waals surface area contributed by atoms with Gasteiger partial charge in [-0.1, -0.05) is 6.07 Å². The Hall–Kier alpha value is -2.04. The van der Waals surface area contributed by atoms with Crippen molar-refractivity contribution in [3.05, 3.63) is 23.8 Å². The van der Waals surface area contributed by atoms with E-state index in [0.717, 1.165) is 5.56 Å². The highest BCUT2D eigenvalue weighted by atomic mass is 16.6. The molecule has 1 aromatic rings. The number of ether oxygens (including phenoxy) is 3. The zero-order valence-electron chi connectivity index (χ0n) is 11.0. The molecule has 19 heavy (non-hydrogen) atoms. The first-order chi connectivity index (χ1) is 9.10. The number of benzene rings is 1. The van der Waals surface area contributed by atoms with E-state index in [1.165, 1.54) is 6.92 Å². The molecule has 1 aliphatic heterocycles. The van der Waals surface area contributed by atoms with Crippen LogP contribution in [-0.4, -0.2) is 31.1 Å². The van der Waals surface area contributed by atoms with Gasteiger partial charge in [0, 0.05) is 6.42 Å². The van der Waals surface area contributed by atoms with Crippen LogP contribution in [0, 0.1) is 0 Å². The van der Waals surface area contributed by atoms with Gasteiger partial charge >= 0.3 is 5.97 Å². The summed E-state index contributed by atoms with van der Waals surface area (Å²) in [4.78, 5) is 22.6. The highest BCUT2D eigenvalue weighted by molar-refractivity contribution is 5.78. The van der Waals surface area contributed by atoms with Gasteiger partial charge < -0.3 is 14.2 Å². The second-order valence-electron chi connectivity index (χ2n) is 4.33.